The van der Waals surface area contributed by atoms with Crippen LogP contribution in [0.2, 0.25) is 0 Å². The summed E-state index contributed by atoms with van der Waals surface area (Å²) in [6.45, 7) is 1.27. The lowest BCUT2D eigenvalue weighted by atomic mass is 10.2. The predicted octanol–water partition coefficient (Wildman–Crippen LogP) is 2.11. The highest BCUT2D eigenvalue weighted by molar-refractivity contribution is 5.94. The van der Waals surface area contributed by atoms with Crippen molar-refractivity contribution in [2.24, 2.45) is 0 Å². The molecule has 1 amide bonds. The van der Waals surface area contributed by atoms with Gasteiger partial charge >= 0.3 is 6.18 Å². The van der Waals surface area contributed by atoms with E-state index in [1.165, 1.54) is 12.1 Å². The highest BCUT2D eigenvalue weighted by Gasteiger charge is 2.26. The number of aromatic nitrogens is 1. The molecule has 0 aromatic carbocycles. The van der Waals surface area contributed by atoms with Gasteiger partial charge in [-0.25, -0.2) is 4.98 Å². The monoisotopic (exact) mass is 261 g/mol. The molecule has 0 radical (unpaired) electrons. The van der Waals surface area contributed by atoms with E-state index < -0.39 is 25.0 Å². The van der Waals surface area contributed by atoms with E-state index in [4.69, 9.17) is 0 Å². The Morgan fingerprint density at radius 2 is 2.06 bits per heavy atom. The summed E-state index contributed by atoms with van der Waals surface area (Å²) in [5, 5.41) is 4.99. The van der Waals surface area contributed by atoms with Gasteiger partial charge in [0.05, 0.1) is 6.42 Å². The van der Waals surface area contributed by atoms with Crippen LogP contribution in [0.15, 0.2) is 12.1 Å². The first-order valence-electron chi connectivity index (χ1n) is 5.33. The van der Waals surface area contributed by atoms with Crippen LogP contribution < -0.4 is 10.6 Å². The zero-order valence-electron chi connectivity index (χ0n) is 10.1. The fraction of sp³-hybridized carbons (Fsp3) is 0.455. The highest BCUT2D eigenvalue weighted by Crippen LogP contribution is 2.18. The van der Waals surface area contributed by atoms with E-state index in [1.807, 2.05) is 0 Å². The second-order valence-electron chi connectivity index (χ2n) is 3.75. The van der Waals surface area contributed by atoms with E-state index in [0.29, 0.717) is 11.5 Å². The Bertz CT molecular complexity index is 432. The number of halogens is 3. The number of pyridine rings is 1. The maximum Gasteiger partial charge on any atom is 0.390 e. The van der Waals surface area contributed by atoms with Gasteiger partial charge in [-0.05, 0) is 19.1 Å². The molecule has 1 aromatic rings. The summed E-state index contributed by atoms with van der Waals surface area (Å²) < 4.78 is 35.8. The molecule has 0 aliphatic rings. The molecule has 2 N–H and O–H groups in total. The second-order valence-corrected chi connectivity index (χ2v) is 3.75. The zero-order valence-corrected chi connectivity index (χ0v) is 10.1. The van der Waals surface area contributed by atoms with Gasteiger partial charge in [0.25, 0.3) is 5.91 Å². The summed E-state index contributed by atoms with van der Waals surface area (Å²) in [6, 6.07) is 3.00. The predicted molar refractivity (Wildman–Crippen MR) is 61.5 cm³/mol. The minimum absolute atomic E-state index is 0.286. The lowest BCUT2D eigenvalue weighted by Gasteiger charge is -2.09. The van der Waals surface area contributed by atoms with E-state index in [9.17, 15) is 18.0 Å². The third-order valence-corrected chi connectivity index (χ3v) is 2.17. The molecule has 1 rings (SSSR count). The van der Waals surface area contributed by atoms with Crippen molar-refractivity contribution in [2.75, 3.05) is 18.9 Å². The summed E-state index contributed by atoms with van der Waals surface area (Å²) >= 11 is 0. The van der Waals surface area contributed by atoms with Crippen molar-refractivity contribution in [3.63, 3.8) is 0 Å². The molecular formula is C11H14F3N3O. The number of nitrogens with one attached hydrogen (secondary N) is 2. The van der Waals surface area contributed by atoms with E-state index in [-0.39, 0.29) is 5.56 Å². The molecule has 0 atom stereocenters. The van der Waals surface area contributed by atoms with Crippen LogP contribution in [0.4, 0.5) is 19.0 Å². The Balaban J connectivity index is 2.64. The molecule has 100 valence electrons. The van der Waals surface area contributed by atoms with Crippen molar-refractivity contribution in [1.82, 2.24) is 10.3 Å². The number of hydrogen-bond donors (Lipinski definition) is 2. The lowest BCUT2D eigenvalue weighted by molar-refractivity contribution is -0.132. The molecule has 4 nitrogen and oxygen atoms in total. The van der Waals surface area contributed by atoms with E-state index in [1.54, 1.807) is 14.0 Å². The zero-order chi connectivity index (χ0) is 13.8. The highest BCUT2D eigenvalue weighted by atomic mass is 19.4. The number of nitrogens with zero attached hydrogens (tertiary/aromatic N) is 1. The van der Waals surface area contributed by atoms with Crippen LogP contribution in [0.25, 0.3) is 0 Å². The Morgan fingerprint density at radius 1 is 1.39 bits per heavy atom. The molecule has 0 aliphatic carbocycles. The molecule has 0 bridgehead atoms. The molecule has 0 aliphatic heterocycles. The van der Waals surface area contributed by atoms with Gasteiger partial charge in [0.15, 0.2) is 0 Å². The fourth-order valence-corrected chi connectivity index (χ4v) is 1.35. The Labute approximate surface area is 103 Å². The first-order valence-corrected chi connectivity index (χ1v) is 5.33. The molecule has 0 unspecified atom stereocenters. The van der Waals surface area contributed by atoms with Gasteiger partial charge in [0.2, 0.25) is 0 Å². The topological polar surface area (TPSA) is 54.0 Å². The lowest BCUT2D eigenvalue weighted by Crippen LogP contribution is -2.28. The quantitative estimate of drug-likeness (QED) is 0.872. The molecule has 0 fully saturated rings. The summed E-state index contributed by atoms with van der Waals surface area (Å²) in [5.41, 5.74) is 0.900. The number of rotatable bonds is 4. The Kier molecular flexibility index (Phi) is 4.52. The molecule has 1 aromatic heterocycles. The minimum atomic E-state index is -4.27. The molecule has 7 heteroatoms. The van der Waals surface area contributed by atoms with Gasteiger partial charge in [-0.2, -0.15) is 13.2 Å². The number of anilines is 1. The molecule has 0 saturated carbocycles. The number of amides is 1. The molecule has 1 heterocycles. The average molecular weight is 261 g/mol. The molecule has 0 saturated heterocycles. The number of carbonyl (C=O) groups excluding carboxylic acids is 1. The van der Waals surface area contributed by atoms with Crippen molar-refractivity contribution < 1.29 is 18.0 Å². The van der Waals surface area contributed by atoms with Crippen molar-refractivity contribution in [3.8, 4) is 0 Å². The van der Waals surface area contributed by atoms with Gasteiger partial charge in [0.1, 0.15) is 5.82 Å². The molecule has 18 heavy (non-hydrogen) atoms. The van der Waals surface area contributed by atoms with Crippen LogP contribution in [-0.2, 0) is 0 Å². The van der Waals surface area contributed by atoms with Crippen LogP contribution in [-0.4, -0.2) is 30.7 Å². The first kappa shape index (κ1) is 14.3. The van der Waals surface area contributed by atoms with Gasteiger partial charge in [-0.15, -0.1) is 0 Å². The van der Waals surface area contributed by atoms with Gasteiger partial charge in [-0.3, -0.25) is 4.79 Å². The van der Waals surface area contributed by atoms with E-state index >= 15 is 0 Å². The minimum Gasteiger partial charge on any atom is -0.373 e. The first-order chi connectivity index (χ1) is 8.31. The fourth-order valence-electron chi connectivity index (χ4n) is 1.35. The Hall–Kier alpha value is -1.79. The van der Waals surface area contributed by atoms with Crippen molar-refractivity contribution >= 4 is 11.7 Å². The van der Waals surface area contributed by atoms with Crippen LogP contribution in [0.5, 0.6) is 0 Å². The maximum atomic E-state index is 11.9. The van der Waals surface area contributed by atoms with Crippen LogP contribution in [0, 0.1) is 6.92 Å². The summed E-state index contributed by atoms with van der Waals surface area (Å²) in [7, 11) is 1.65. The SMILES string of the molecule is CNc1cc(C(=O)NCCC(F)(F)F)cc(C)n1. The van der Waals surface area contributed by atoms with E-state index in [2.05, 4.69) is 15.6 Å². The maximum absolute atomic E-state index is 11.9. The van der Waals surface area contributed by atoms with Crippen LogP contribution in [0.1, 0.15) is 22.5 Å². The molecular weight excluding hydrogens is 247 g/mol. The number of hydrogen-bond acceptors (Lipinski definition) is 3. The molecule has 0 spiro atoms. The second kappa shape index (κ2) is 5.70. The number of carbonyl (C=O) groups is 1. The summed E-state index contributed by atoms with van der Waals surface area (Å²) in [6.07, 6.45) is -5.31. The largest absolute Gasteiger partial charge is 0.390 e. The normalized spacial score (nSPS) is 11.2. The third-order valence-electron chi connectivity index (χ3n) is 2.17. The van der Waals surface area contributed by atoms with Crippen LogP contribution in [0.3, 0.4) is 0 Å². The third kappa shape index (κ3) is 4.60. The summed E-state index contributed by atoms with van der Waals surface area (Å²) in [5.74, 6) is -0.0442. The Morgan fingerprint density at radius 3 is 2.61 bits per heavy atom. The number of aryl methyl sites for hydroxylation is 1. The van der Waals surface area contributed by atoms with Gasteiger partial charge < -0.3 is 10.6 Å². The van der Waals surface area contributed by atoms with Gasteiger partial charge in [-0.1, -0.05) is 0 Å². The smallest absolute Gasteiger partial charge is 0.373 e. The average Bonchev–Trinajstić information content (AvgIpc) is 2.26. The van der Waals surface area contributed by atoms with Crippen LogP contribution >= 0.6 is 0 Å². The summed E-state index contributed by atoms with van der Waals surface area (Å²) in [4.78, 5) is 15.7. The van der Waals surface area contributed by atoms with Gasteiger partial charge in [0, 0.05) is 24.8 Å². The van der Waals surface area contributed by atoms with Crippen molar-refractivity contribution in [2.45, 2.75) is 19.5 Å². The van der Waals surface area contributed by atoms with Crippen molar-refractivity contribution in [3.05, 3.63) is 23.4 Å². The number of alkyl halides is 3. The standard InChI is InChI=1S/C11H14F3N3O/c1-7-5-8(6-9(15-2)17-7)10(18)16-4-3-11(12,13)14/h5-6H,3-4H2,1-2H3,(H,15,17)(H,16,18). The van der Waals surface area contributed by atoms with E-state index in [0.717, 1.165) is 0 Å². The van der Waals surface area contributed by atoms with Crippen molar-refractivity contribution in [1.29, 1.82) is 0 Å².